The summed E-state index contributed by atoms with van der Waals surface area (Å²) >= 11 is 11.1. The van der Waals surface area contributed by atoms with Gasteiger partial charge in [-0.25, -0.2) is 0 Å². The minimum Gasteiger partial charge on any atom is -0.612 e. The molecule has 1 atom stereocenters. The Morgan fingerprint density at radius 3 is 1.93 bits per heavy atom. The van der Waals surface area contributed by atoms with Gasteiger partial charge < -0.3 is 4.55 Å². The second-order valence-corrected chi connectivity index (χ2v) is 5.60. The van der Waals surface area contributed by atoms with Gasteiger partial charge in [0.05, 0.1) is 10.0 Å². The fourth-order valence-electron chi connectivity index (χ4n) is 1.28. The lowest BCUT2D eigenvalue weighted by Gasteiger charge is -2.12. The third-order valence-electron chi connectivity index (χ3n) is 1.96. The van der Waals surface area contributed by atoms with E-state index in [-0.39, 0.29) is 5.92 Å². The summed E-state index contributed by atoms with van der Waals surface area (Å²) < 4.78 is 11.2. The summed E-state index contributed by atoms with van der Waals surface area (Å²) in [5, 5.41) is 1.19. The van der Waals surface area contributed by atoms with E-state index >= 15 is 0 Å². The summed E-state index contributed by atoms with van der Waals surface area (Å²) in [5.41, 5.74) is 0.919. The molecule has 0 spiro atoms. The molecule has 0 radical (unpaired) electrons. The largest absolute Gasteiger partial charge is 0.612 e. The van der Waals surface area contributed by atoms with Gasteiger partial charge in [0.2, 0.25) is 0 Å². The molecule has 4 heteroatoms. The molecule has 0 heterocycles. The molecular formula is C10H12Cl2OS. The number of rotatable bonds is 2. The minimum absolute atomic E-state index is 0.273. The quantitative estimate of drug-likeness (QED) is 0.732. The molecule has 0 bridgehead atoms. The molecule has 1 rings (SSSR count). The van der Waals surface area contributed by atoms with Gasteiger partial charge in [0, 0.05) is 12.1 Å². The summed E-state index contributed by atoms with van der Waals surface area (Å²) in [4.78, 5) is 0.671. The second-order valence-electron chi connectivity index (χ2n) is 3.41. The predicted octanol–water partition coefficient (Wildman–Crippen LogP) is 3.85. The Morgan fingerprint density at radius 2 is 1.64 bits per heavy atom. The third kappa shape index (κ3) is 2.57. The molecular weight excluding hydrogens is 239 g/mol. The topological polar surface area (TPSA) is 23.1 Å². The molecule has 0 saturated heterocycles. The molecule has 1 aromatic carbocycles. The van der Waals surface area contributed by atoms with Crippen LogP contribution in [0.4, 0.5) is 0 Å². The van der Waals surface area contributed by atoms with Crippen LogP contribution in [0.5, 0.6) is 0 Å². The van der Waals surface area contributed by atoms with Crippen LogP contribution in [0.25, 0.3) is 0 Å². The molecule has 1 unspecified atom stereocenters. The van der Waals surface area contributed by atoms with Crippen molar-refractivity contribution in [2.75, 3.05) is 6.26 Å². The first-order valence-electron chi connectivity index (χ1n) is 4.26. The summed E-state index contributed by atoms with van der Waals surface area (Å²) in [6, 6.07) is 3.44. The number of hydrogen-bond donors (Lipinski definition) is 0. The lowest BCUT2D eigenvalue weighted by molar-refractivity contribution is 0.600. The van der Waals surface area contributed by atoms with E-state index in [9.17, 15) is 4.55 Å². The zero-order chi connectivity index (χ0) is 10.9. The molecule has 0 aliphatic heterocycles. The second kappa shape index (κ2) is 4.75. The van der Waals surface area contributed by atoms with Gasteiger partial charge >= 0.3 is 0 Å². The highest BCUT2D eigenvalue weighted by Crippen LogP contribution is 2.33. The molecule has 78 valence electrons. The highest BCUT2D eigenvalue weighted by molar-refractivity contribution is 7.90. The molecule has 0 aliphatic rings. The first-order chi connectivity index (χ1) is 6.43. The number of halogens is 2. The van der Waals surface area contributed by atoms with Crippen LogP contribution in [0.2, 0.25) is 10.0 Å². The van der Waals surface area contributed by atoms with Crippen molar-refractivity contribution < 1.29 is 4.55 Å². The standard InChI is InChI=1S/C10H12Cl2OS/c1-6(2)10-8(11)4-7(14(3)13)5-9(10)12/h4-6H,1-3H3. The van der Waals surface area contributed by atoms with E-state index < -0.39 is 11.2 Å². The fraction of sp³-hybridized carbons (Fsp3) is 0.400. The monoisotopic (exact) mass is 250 g/mol. The van der Waals surface area contributed by atoms with E-state index in [4.69, 9.17) is 23.2 Å². The normalized spacial score (nSPS) is 13.4. The average molecular weight is 251 g/mol. The lowest BCUT2D eigenvalue weighted by Crippen LogP contribution is -1.99. The molecule has 14 heavy (non-hydrogen) atoms. The summed E-state index contributed by atoms with van der Waals surface area (Å²) in [6.45, 7) is 4.05. The van der Waals surface area contributed by atoms with Crippen LogP contribution < -0.4 is 0 Å². The molecule has 1 aromatic rings. The van der Waals surface area contributed by atoms with E-state index in [1.807, 2.05) is 13.8 Å². The molecule has 0 aliphatic carbocycles. The summed E-state index contributed by atoms with van der Waals surface area (Å²) in [5.74, 6) is 0.273. The van der Waals surface area contributed by atoms with E-state index in [1.165, 1.54) is 0 Å². The van der Waals surface area contributed by atoms with E-state index in [0.29, 0.717) is 14.9 Å². The van der Waals surface area contributed by atoms with Crippen LogP contribution in [0, 0.1) is 0 Å². The number of hydrogen-bond acceptors (Lipinski definition) is 1. The van der Waals surface area contributed by atoms with Crippen LogP contribution in [-0.2, 0) is 11.2 Å². The molecule has 0 aromatic heterocycles. The Bertz CT molecular complexity index is 314. The number of benzene rings is 1. The Labute approximate surface area is 97.6 Å². The van der Waals surface area contributed by atoms with Crippen molar-refractivity contribution in [1.29, 1.82) is 0 Å². The zero-order valence-electron chi connectivity index (χ0n) is 8.30. The van der Waals surface area contributed by atoms with Crippen LogP contribution in [0.15, 0.2) is 17.0 Å². The van der Waals surface area contributed by atoms with Gasteiger partial charge in [-0.3, -0.25) is 0 Å². The maximum absolute atomic E-state index is 11.2. The summed E-state index contributed by atoms with van der Waals surface area (Å²) in [6.07, 6.45) is 1.61. The van der Waals surface area contributed by atoms with Crippen LogP contribution >= 0.6 is 23.2 Å². The molecule has 0 amide bonds. The maximum Gasteiger partial charge on any atom is 0.155 e. The van der Waals surface area contributed by atoms with Gasteiger partial charge in [0.25, 0.3) is 0 Å². The van der Waals surface area contributed by atoms with E-state index in [0.717, 1.165) is 5.56 Å². The van der Waals surface area contributed by atoms with Gasteiger partial charge in [-0.05, 0) is 22.7 Å². The highest BCUT2D eigenvalue weighted by atomic mass is 35.5. The smallest absolute Gasteiger partial charge is 0.155 e. The van der Waals surface area contributed by atoms with Crippen LogP contribution in [0.3, 0.4) is 0 Å². The van der Waals surface area contributed by atoms with E-state index in [1.54, 1.807) is 18.4 Å². The van der Waals surface area contributed by atoms with Crippen molar-refractivity contribution in [3.8, 4) is 0 Å². The minimum atomic E-state index is -1.04. The van der Waals surface area contributed by atoms with Crippen LogP contribution in [-0.4, -0.2) is 10.8 Å². The van der Waals surface area contributed by atoms with Crippen molar-refractivity contribution in [2.45, 2.75) is 24.7 Å². The SMILES string of the molecule is CC(C)c1c(Cl)cc([S+](C)[O-])cc1Cl. The van der Waals surface area contributed by atoms with Crippen molar-refractivity contribution in [2.24, 2.45) is 0 Å². The Morgan fingerprint density at radius 1 is 1.21 bits per heavy atom. The Balaban J connectivity index is 3.25. The Kier molecular flexibility index (Phi) is 4.14. The zero-order valence-corrected chi connectivity index (χ0v) is 10.6. The van der Waals surface area contributed by atoms with Gasteiger partial charge in [-0.15, -0.1) is 0 Å². The van der Waals surface area contributed by atoms with Gasteiger partial charge in [0.15, 0.2) is 4.90 Å². The Hall–Kier alpha value is 0.110. The van der Waals surface area contributed by atoms with Crippen molar-refractivity contribution >= 4 is 34.4 Å². The molecule has 0 N–H and O–H groups in total. The average Bonchev–Trinajstić information content (AvgIpc) is 2.01. The lowest BCUT2D eigenvalue weighted by atomic mass is 10.0. The first-order valence-corrected chi connectivity index (χ1v) is 6.57. The molecule has 1 nitrogen and oxygen atoms in total. The third-order valence-corrected chi connectivity index (χ3v) is 3.49. The fourth-order valence-corrected chi connectivity index (χ4v) is 2.90. The predicted molar refractivity (Wildman–Crippen MR) is 62.9 cm³/mol. The summed E-state index contributed by atoms with van der Waals surface area (Å²) in [7, 11) is 0. The van der Waals surface area contributed by atoms with Crippen LogP contribution in [0.1, 0.15) is 25.3 Å². The van der Waals surface area contributed by atoms with Crippen molar-refractivity contribution in [1.82, 2.24) is 0 Å². The van der Waals surface area contributed by atoms with Gasteiger partial charge in [-0.1, -0.05) is 37.0 Å². The van der Waals surface area contributed by atoms with Crippen molar-refractivity contribution in [3.63, 3.8) is 0 Å². The molecule has 0 saturated carbocycles. The van der Waals surface area contributed by atoms with E-state index in [2.05, 4.69) is 0 Å². The van der Waals surface area contributed by atoms with Crippen molar-refractivity contribution in [3.05, 3.63) is 27.7 Å². The van der Waals surface area contributed by atoms with Gasteiger partial charge in [0.1, 0.15) is 6.26 Å². The first kappa shape index (κ1) is 12.2. The maximum atomic E-state index is 11.2. The highest BCUT2D eigenvalue weighted by Gasteiger charge is 2.15. The van der Waals surface area contributed by atoms with Gasteiger partial charge in [-0.2, -0.15) is 0 Å². The molecule has 0 fully saturated rings.